The van der Waals surface area contributed by atoms with Crippen molar-refractivity contribution in [1.29, 1.82) is 0 Å². The van der Waals surface area contributed by atoms with Crippen LogP contribution in [0, 0.1) is 0 Å². The number of amides is 3. The Hall–Kier alpha value is -3.61. The van der Waals surface area contributed by atoms with Gasteiger partial charge in [0.1, 0.15) is 0 Å². The molecule has 0 fully saturated rings. The summed E-state index contributed by atoms with van der Waals surface area (Å²) >= 11 is 0. The molecule has 2 aromatic carbocycles. The maximum absolute atomic E-state index is 12.4. The van der Waals surface area contributed by atoms with E-state index in [1.54, 1.807) is 18.3 Å². The third kappa shape index (κ3) is 4.68. The summed E-state index contributed by atoms with van der Waals surface area (Å²) in [5, 5.41) is 3.34. The lowest BCUT2D eigenvalue weighted by Crippen LogP contribution is -2.46. The van der Waals surface area contributed by atoms with Gasteiger partial charge in [-0.3, -0.25) is 25.2 Å². The zero-order valence-corrected chi connectivity index (χ0v) is 17.6. The highest BCUT2D eigenvalue weighted by Crippen LogP contribution is 2.22. The molecule has 3 aromatic rings. The third-order valence-electron chi connectivity index (χ3n) is 4.88. The van der Waals surface area contributed by atoms with Gasteiger partial charge in [0.25, 0.3) is 17.7 Å². The molecule has 0 saturated heterocycles. The van der Waals surface area contributed by atoms with Crippen LogP contribution in [0.5, 0.6) is 0 Å². The van der Waals surface area contributed by atoms with Gasteiger partial charge in [-0.15, -0.1) is 0 Å². The SMILES string of the molecule is Cn1cc(C(=O)NNC(=O)CNC(=O)c2ccc(C(C)(C)C)cc2)c2ccccc21. The average Bonchev–Trinajstić information content (AvgIpc) is 3.06. The van der Waals surface area contributed by atoms with Crippen molar-refractivity contribution in [2.75, 3.05) is 6.54 Å². The first kappa shape index (κ1) is 21.1. The Bertz CT molecular complexity index is 1090. The zero-order chi connectivity index (χ0) is 21.9. The summed E-state index contributed by atoms with van der Waals surface area (Å²) in [6.45, 7) is 6.03. The van der Waals surface area contributed by atoms with E-state index in [0.717, 1.165) is 16.5 Å². The summed E-state index contributed by atoms with van der Waals surface area (Å²) in [4.78, 5) is 36.7. The molecule has 0 aliphatic carbocycles. The smallest absolute Gasteiger partial charge is 0.271 e. The van der Waals surface area contributed by atoms with Crippen LogP contribution >= 0.6 is 0 Å². The van der Waals surface area contributed by atoms with Gasteiger partial charge in [-0.05, 0) is 29.2 Å². The Kier molecular flexibility index (Phi) is 5.91. The van der Waals surface area contributed by atoms with Gasteiger partial charge in [-0.1, -0.05) is 51.1 Å². The number of nitrogens with zero attached hydrogens (tertiary/aromatic N) is 1. The van der Waals surface area contributed by atoms with Crippen LogP contribution in [0.1, 0.15) is 47.1 Å². The standard InChI is InChI=1S/C23H26N4O3/c1-23(2,3)16-11-9-15(10-12-16)21(29)24-13-20(28)25-26-22(30)18-14-27(4)19-8-6-5-7-17(18)19/h5-12,14H,13H2,1-4H3,(H,24,29)(H,25,28)(H,26,30). The molecule has 0 spiro atoms. The highest BCUT2D eigenvalue weighted by molar-refractivity contribution is 6.07. The topological polar surface area (TPSA) is 92.2 Å². The van der Waals surface area contributed by atoms with E-state index in [4.69, 9.17) is 0 Å². The normalized spacial score (nSPS) is 11.2. The fourth-order valence-corrected chi connectivity index (χ4v) is 3.14. The Morgan fingerprint density at radius 3 is 2.23 bits per heavy atom. The molecule has 0 bridgehead atoms. The minimum Gasteiger partial charge on any atom is -0.350 e. The fraction of sp³-hybridized carbons (Fsp3) is 0.261. The molecule has 1 heterocycles. The van der Waals surface area contributed by atoms with Crippen molar-refractivity contribution in [3.8, 4) is 0 Å². The van der Waals surface area contributed by atoms with Crippen molar-refractivity contribution in [3.63, 3.8) is 0 Å². The Balaban J connectivity index is 1.52. The van der Waals surface area contributed by atoms with Crippen molar-refractivity contribution >= 4 is 28.6 Å². The molecule has 1 aromatic heterocycles. The van der Waals surface area contributed by atoms with Crippen molar-refractivity contribution in [2.24, 2.45) is 7.05 Å². The number of hydrazine groups is 1. The largest absolute Gasteiger partial charge is 0.350 e. The van der Waals surface area contributed by atoms with Crippen LogP contribution in [-0.2, 0) is 17.3 Å². The first-order valence-corrected chi connectivity index (χ1v) is 9.69. The van der Waals surface area contributed by atoms with Crippen molar-refractivity contribution in [3.05, 3.63) is 71.4 Å². The van der Waals surface area contributed by atoms with Crippen LogP contribution in [0.25, 0.3) is 10.9 Å². The van der Waals surface area contributed by atoms with E-state index in [1.165, 1.54) is 0 Å². The molecule has 3 rings (SSSR count). The Morgan fingerprint density at radius 1 is 0.900 bits per heavy atom. The van der Waals surface area contributed by atoms with Crippen LogP contribution in [0.15, 0.2) is 54.7 Å². The number of para-hydroxylation sites is 1. The minimum atomic E-state index is -0.525. The average molecular weight is 406 g/mol. The molecular weight excluding hydrogens is 380 g/mol. The molecule has 3 N–H and O–H groups in total. The maximum atomic E-state index is 12.4. The summed E-state index contributed by atoms with van der Waals surface area (Å²) in [5.41, 5.74) is 7.67. The number of carbonyl (C=O) groups is 3. The van der Waals surface area contributed by atoms with Crippen molar-refractivity contribution < 1.29 is 14.4 Å². The van der Waals surface area contributed by atoms with Gasteiger partial charge in [-0.2, -0.15) is 0 Å². The van der Waals surface area contributed by atoms with Gasteiger partial charge in [-0.25, -0.2) is 0 Å². The van der Waals surface area contributed by atoms with Gasteiger partial charge < -0.3 is 9.88 Å². The molecule has 0 atom stereocenters. The van der Waals surface area contributed by atoms with Gasteiger partial charge >= 0.3 is 0 Å². The van der Waals surface area contributed by atoms with Crippen molar-refractivity contribution in [2.45, 2.75) is 26.2 Å². The summed E-state index contributed by atoms with van der Waals surface area (Å²) < 4.78 is 1.84. The van der Waals surface area contributed by atoms with Crippen LogP contribution < -0.4 is 16.2 Å². The monoisotopic (exact) mass is 406 g/mol. The van der Waals surface area contributed by atoms with Gasteiger partial charge in [0.15, 0.2) is 0 Å². The molecular formula is C23H26N4O3. The molecule has 0 radical (unpaired) electrons. The van der Waals surface area contributed by atoms with E-state index in [9.17, 15) is 14.4 Å². The number of aromatic nitrogens is 1. The number of hydrogen-bond donors (Lipinski definition) is 3. The number of rotatable bonds is 4. The number of aryl methyl sites for hydroxylation is 1. The minimum absolute atomic E-state index is 0.00280. The predicted octanol–water partition coefficient (Wildman–Crippen LogP) is 2.67. The summed E-state index contributed by atoms with van der Waals surface area (Å²) in [7, 11) is 1.85. The van der Waals surface area contributed by atoms with E-state index in [2.05, 4.69) is 36.9 Å². The summed E-state index contributed by atoms with van der Waals surface area (Å²) in [6, 6.07) is 14.8. The number of fused-ring (bicyclic) bond motifs is 1. The number of benzene rings is 2. The predicted molar refractivity (Wildman–Crippen MR) is 116 cm³/mol. The zero-order valence-electron chi connectivity index (χ0n) is 17.6. The van der Waals surface area contributed by atoms with E-state index >= 15 is 0 Å². The lowest BCUT2D eigenvalue weighted by atomic mass is 9.87. The number of hydrogen-bond acceptors (Lipinski definition) is 3. The van der Waals surface area contributed by atoms with E-state index < -0.39 is 11.8 Å². The quantitative estimate of drug-likeness (QED) is 0.582. The van der Waals surface area contributed by atoms with E-state index in [-0.39, 0.29) is 17.9 Å². The fourth-order valence-electron chi connectivity index (χ4n) is 3.14. The molecule has 7 heteroatoms. The molecule has 30 heavy (non-hydrogen) atoms. The van der Waals surface area contributed by atoms with Gasteiger partial charge in [0.2, 0.25) is 0 Å². The summed E-state index contributed by atoms with van der Waals surface area (Å²) in [6.07, 6.45) is 1.70. The lowest BCUT2D eigenvalue weighted by molar-refractivity contribution is -0.120. The van der Waals surface area contributed by atoms with Crippen LogP contribution in [-0.4, -0.2) is 28.8 Å². The van der Waals surface area contributed by atoms with E-state index in [0.29, 0.717) is 11.1 Å². The second-order valence-corrected chi connectivity index (χ2v) is 8.18. The van der Waals surface area contributed by atoms with Gasteiger partial charge in [0.05, 0.1) is 12.1 Å². The van der Waals surface area contributed by atoms with Crippen LogP contribution in [0.4, 0.5) is 0 Å². The first-order valence-electron chi connectivity index (χ1n) is 9.69. The molecule has 0 unspecified atom stereocenters. The number of carbonyl (C=O) groups excluding carboxylic acids is 3. The molecule has 0 aliphatic rings. The van der Waals surface area contributed by atoms with Gasteiger partial charge in [0, 0.05) is 29.7 Å². The Morgan fingerprint density at radius 2 is 1.57 bits per heavy atom. The van der Waals surface area contributed by atoms with Crippen molar-refractivity contribution in [1.82, 2.24) is 20.7 Å². The molecule has 156 valence electrons. The first-order chi connectivity index (χ1) is 14.2. The maximum Gasteiger partial charge on any atom is 0.271 e. The van der Waals surface area contributed by atoms with Crippen LogP contribution in [0.3, 0.4) is 0 Å². The molecule has 7 nitrogen and oxygen atoms in total. The summed E-state index contributed by atoms with van der Waals surface area (Å²) in [5.74, 6) is -1.31. The number of nitrogens with one attached hydrogen (secondary N) is 3. The van der Waals surface area contributed by atoms with E-state index in [1.807, 2.05) is 48.0 Å². The molecule has 3 amide bonds. The Labute approximate surface area is 175 Å². The molecule has 0 aliphatic heterocycles. The second-order valence-electron chi connectivity index (χ2n) is 8.18. The molecule has 0 saturated carbocycles. The lowest BCUT2D eigenvalue weighted by Gasteiger charge is -2.19. The highest BCUT2D eigenvalue weighted by Gasteiger charge is 2.16. The second kappa shape index (κ2) is 8.41. The third-order valence-corrected chi connectivity index (χ3v) is 4.88. The van der Waals surface area contributed by atoms with Crippen LogP contribution in [0.2, 0.25) is 0 Å². The highest BCUT2D eigenvalue weighted by atomic mass is 16.2.